The highest BCUT2D eigenvalue weighted by molar-refractivity contribution is 7.91. The number of hydrogen-bond acceptors (Lipinski definition) is 4. The quantitative estimate of drug-likeness (QED) is 0.811. The molecule has 1 aromatic carbocycles. The fourth-order valence-electron chi connectivity index (χ4n) is 2.57. The highest BCUT2D eigenvalue weighted by Gasteiger charge is 2.31. The summed E-state index contributed by atoms with van der Waals surface area (Å²) in [6.07, 6.45) is 0. The molecule has 0 aliphatic carbocycles. The van der Waals surface area contributed by atoms with Crippen molar-refractivity contribution in [1.82, 2.24) is 4.90 Å². The van der Waals surface area contributed by atoms with Crippen LogP contribution in [0.4, 0.5) is 0 Å². The first-order chi connectivity index (χ1) is 9.46. The number of amides is 1. The second-order valence-electron chi connectivity index (χ2n) is 5.14. The molecule has 1 atom stereocenters. The molecule has 6 heteroatoms. The molecule has 0 bridgehead atoms. The van der Waals surface area contributed by atoms with Crippen molar-refractivity contribution >= 4 is 37.2 Å². The number of sulfone groups is 1. The van der Waals surface area contributed by atoms with Gasteiger partial charge in [-0.25, -0.2) is 8.42 Å². The van der Waals surface area contributed by atoms with Gasteiger partial charge in [-0.3, -0.25) is 4.79 Å². The number of fused-ring (bicyclic) bond motifs is 1. The van der Waals surface area contributed by atoms with Crippen LogP contribution < -0.4 is 0 Å². The van der Waals surface area contributed by atoms with E-state index in [2.05, 4.69) is 0 Å². The smallest absolute Gasteiger partial charge is 0.254 e. The van der Waals surface area contributed by atoms with Crippen LogP contribution >= 0.6 is 11.3 Å². The van der Waals surface area contributed by atoms with Crippen molar-refractivity contribution in [3.8, 4) is 0 Å². The number of rotatable bonds is 1. The van der Waals surface area contributed by atoms with Gasteiger partial charge in [0.05, 0.1) is 11.5 Å². The molecule has 0 radical (unpaired) electrons. The summed E-state index contributed by atoms with van der Waals surface area (Å²) in [5, 5.41) is 3.05. The van der Waals surface area contributed by atoms with E-state index in [-0.39, 0.29) is 30.0 Å². The average Bonchev–Trinajstić information content (AvgIpc) is 2.84. The number of carbonyl (C=O) groups excluding carboxylic acids is 1. The third-order valence-electron chi connectivity index (χ3n) is 3.63. The van der Waals surface area contributed by atoms with Gasteiger partial charge < -0.3 is 4.90 Å². The lowest BCUT2D eigenvalue weighted by Gasteiger charge is -2.33. The van der Waals surface area contributed by atoms with Crippen molar-refractivity contribution < 1.29 is 13.2 Å². The van der Waals surface area contributed by atoms with Crippen LogP contribution in [0.1, 0.15) is 17.3 Å². The Bertz CT molecular complexity index is 764. The summed E-state index contributed by atoms with van der Waals surface area (Å²) in [7, 11) is -3.00. The average molecular weight is 309 g/mol. The molecular weight excluding hydrogens is 294 g/mol. The number of hydrogen-bond donors (Lipinski definition) is 0. The van der Waals surface area contributed by atoms with Crippen LogP contribution in [0.5, 0.6) is 0 Å². The van der Waals surface area contributed by atoms with Crippen molar-refractivity contribution in [2.24, 2.45) is 0 Å². The normalized spacial score (nSPS) is 22.1. The summed E-state index contributed by atoms with van der Waals surface area (Å²) >= 11 is 1.64. The number of carbonyl (C=O) groups is 1. The molecule has 1 saturated heterocycles. The molecule has 0 N–H and O–H groups in total. The van der Waals surface area contributed by atoms with Gasteiger partial charge >= 0.3 is 0 Å². The zero-order valence-electron chi connectivity index (χ0n) is 11.1. The van der Waals surface area contributed by atoms with Crippen molar-refractivity contribution in [3.63, 3.8) is 0 Å². The maximum atomic E-state index is 12.5. The van der Waals surface area contributed by atoms with Crippen molar-refractivity contribution in [3.05, 3.63) is 35.2 Å². The summed E-state index contributed by atoms with van der Waals surface area (Å²) in [6.45, 7) is 2.07. The SMILES string of the molecule is CC1CS(=O)(=O)CCN1C(=O)c1ccc2sccc2c1. The second kappa shape index (κ2) is 4.86. The van der Waals surface area contributed by atoms with Crippen LogP contribution in [0.15, 0.2) is 29.6 Å². The molecule has 1 aliphatic rings. The Morgan fingerprint density at radius 3 is 2.90 bits per heavy atom. The lowest BCUT2D eigenvalue weighted by molar-refractivity contribution is 0.0713. The Morgan fingerprint density at radius 2 is 2.15 bits per heavy atom. The molecule has 2 heterocycles. The predicted molar refractivity (Wildman–Crippen MR) is 81.0 cm³/mol. The molecule has 0 spiro atoms. The van der Waals surface area contributed by atoms with E-state index in [0.717, 1.165) is 10.1 Å². The third-order valence-corrected chi connectivity index (χ3v) is 6.32. The van der Waals surface area contributed by atoms with Crippen LogP contribution in [0.25, 0.3) is 10.1 Å². The van der Waals surface area contributed by atoms with Crippen LogP contribution in [0.3, 0.4) is 0 Å². The summed E-state index contributed by atoms with van der Waals surface area (Å²) in [5.74, 6) is 0.0314. The first kappa shape index (κ1) is 13.6. The van der Waals surface area contributed by atoms with E-state index >= 15 is 0 Å². The Hall–Kier alpha value is -1.40. The summed E-state index contributed by atoms with van der Waals surface area (Å²) in [4.78, 5) is 14.2. The van der Waals surface area contributed by atoms with Crippen molar-refractivity contribution in [1.29, 1.82) is 0 Å². The zero-order valence-corrected chi connectivity index (χ0v) is 12.7. The highest BCUT2D eigenvalue weighted by Crippen LogP contribution is 2.23. The molecule has 2 aromatic rings. The van der Waals surface area contributed by atoms with Crippen LogP contribution in [-0.4, -0.2) is 43.3 Å². The Labute approximate surface area is 121 Å². The van der Waals surface area contributed by atoms with Gasteiger partial charge in [0.1, 0.15) is 0 Å². The third kappa shape index (κ3) is 2.45. The summed E-state index contributed by atoms with van der Waals surface area (Å²) < 4.78 is 24.3. The van der Waals surface area contributed by atoms with Crippen LogP contribution in [-0.2, 0) is 9.84 Å². The summed E-state index contributed by atoms with van der Waals surface area (Å²) in [6, 6.07) is 7.36. The van der Waals surface area contributed by atoms with Gasteiger partial charge in [0.2, 0.25) is 0 Å². The van der Waals surface area contributed by atoms with Gasteiger partial charge in [-0.05, 0) is 42.0 Å². The molecule has 3 rings (SSSR count). The van der Waals surface area contributed by atoms with Crippen molar-refractivity contribution in [2.75, 3.05) is 18.1 Å². The van der Waals surface area contributed by atoms with Gasteiger partial charge in [0.25, 0.3) is 5.91 Å². The summed E-state index contributed by atoms with van der Waals surface area (Å²) in [5.41, 5.74) is 0.627. The molecule has 1 aromatic heterocycles. The van der Waals surface area contributed by atoms with E-state index in [1.165, 1.54) is 0 Å². The molecular formula is C14H15NO3S2. The van der Waals surface area contributed by atoms with Gasteiger partial charge in [-0.2, -0.15) is 0 Å². The minimum Gasteiger partial charge on any atom is -0.334 e. The minimum absolute atomic E-state index is 0.0550. The van der Waals surface area contributed by atoms with E-state index in [0.29, 0.717) is 5.56 Å². The largest absolute Gasteiger partial charge is 0.334 e. The monoisotopic (exact) mass is 309 g/mol. The maximum Gasteiger partial charge on any atom is 0.254 e. The van der Waals surface area contributed by atoms with E-state index in [9.17, 15) is 13.2 Å². The van der Waals surface area contributed by atoms with E-state index in [1.807, 2.05) is 29.6 Å². The Balaban J connectivity index is 1.88. The first-order valence-electron chi connectivity index (χ1n) is 6.45. The first-order valence-corrected chi connectivity index (χ1v) is 9.15. The van der Waals surface area contributed by atoms with Gasteiger partial charge in [0.15, 0.2) is 9.84 Å². The topological polar surface area (TPSA) is 54.5 Å². The second-order valence-corrected chi connectivity index (χ2v) is 8.31. The lowest BCUT2D eigenvalue weighted by atomic mass is 10.1. The van der Waals surface area contributed by atoms with E-state index < -0.39 is 9.84 Å². The molecule has 0 saturated carbocycles. The molecule has 106 valence electrons. The number of benzene rings is 1. The minimum atomic E-state index is -3.00. The number of thiophene rings is 1. The van der Waals surface area contributed by atoms with E-state index in [1.54, 1.807) is 23.2 Å². The molecule has 1 amide bonds. The highest BCUT2D eigenvalue weighted by atomic mass is 32.2. The van der Waals surface area contributed by atoms with Gasteiger partial charge in [-0.15, -0.1) is 11.3 Å². The molecule has 1 unspecified atom stereocenters. The van der Waals surface area contributed by atoms with Crippen molar-refractivity contribution in [2.45, 2.75) is 13.0 Å². The van der Waals surface area contributed by atoms with Gasteiger partial charge in [0, 0.05) is 22.8 Å². The van der Waals surface area contributed by atoms with Gasteiger partial charge in [-0.1, -0.05) is 0 Å². The molecule has 4 nitrogen and oxygen atoms in total. The number of nitrogens with zero attached hydrogens (tertiary/aromatic N) is 1. The fraction of sp³-hybridized carbons (Fsp3) is 0.357. The standard InChI is InChI=1S/C14H15NO3S2/c1-10-9-20(17,18)7-5-15(10)14(16)12-2-3-13-11(8-12)4-6-19-13/h2-4,6,8,10H,5,7,9H2,1H3. The van der Waals surface area contributed by atoms with Crippen LogP contribution in [0.2, 0.25) is 0 Å². The molecule has 1 aliphatic heterocycles. The molecule has 20 heavy (non-hydrogen) atoms. The predicted octanol–water partition coefficient (Wildman–Crippen LogP) is 2.16. The zero-order chi connectivity index (χ0) is 14.3. The van der Waals surface area contributed by atoms with E-state index in [4.69, 9.17) is 0 Å². The lowest BCUT2D eigenvalue weighted by Crippen LogP contribution is -2.49. The maximum absolute atomic E-state index is 12.5. The molecule has 1 fully saturated rings. The Kier molecular flexibility index (Phi) is 3.30. The fourth-order valence-corrected chi connectivity index (χ4v) is 4.89. The Morgan fingerprint density at radius 1 is 1.35 bits per heavy atom. The van der Waals surface area contributed by atoms with Crippen LogP contribution in [0, 0.1) is 0 Å².